The summed E-state index contributed by atoms with van der Waals surface area (Å²) in [6.07, 6.45) is 1.52. The number of methoxy groups -OCH3 is 4. The van der Waals surface area contributed by atoms with Crippen LogP contribution in [0.3, 0.4) is 0 Å². The van der Waals surface area contributed by atoms with Crippen LogP contribution in [-0.2, 0) is 0 Å². The second-order valence-corrected chi connectivity index (χ2v) is 5.66. The van der Waals surface area contributed by atoms with Gasteiger partial charge in [0, 0.05) is 5.56 Å². The molecular formula is C20H20N2O6. The number of carbonyl (C=O) groups excluding carboxylic acids is 1. The van der Waals surface area contributed by atoms with E-state index >= 15 is 0 Å². The van der Waals surface area contributed by atoms with Crippen molar-refractivity contribution in [3.63, 3.8) is 0 Å². The van der Waals surface area contributed by atoms with Crippen LogP contribution in [0, 0.1) is 0 Å². The van der Waals surface area contributed by atoms with E-state index in [2.05, 4.69) is 10.5 Å². The van der Waals surface area contributed by atoms with E-state index in [0.29, 0.717) is 34.1 Å². The third kappa shape index (κ3) is 3.71. The summed E-state index contributed by atoms with van der Waals surface area (Å²) in [6.45, 7) is 0. The fourth-order valence-corrected chi connectivity index (χ4v) is 2.69. The Hall–Kier alpha value is -3.68. The molecule has 3 rings (SSSR count). The van der Waals surface area contributed by atoms with Gasteiger partial charge in [0.25, 0.3) is 5.91 Å². The SMILES string of the molecule is COc1ccc(C(=O)Nc2oncc2-c2ccc(OC)c(OC)c2)cc1OC. The van der Waals surface area contributed by atoms with E-state index < -0.39 is 0 Å². The number of aromatic nitrogens is 1. The van der Waals surface area contributed by atoms with Gasteiger partial charge in [-0.3, -0.25) is 10.1 Å². The second-order valence-electron chi connectivity index (χ2n) is 5.66. The van der Waals surface area contributed by atoms with Crippen molar-refractivity contribution in [2.75, 3.05) is 33.8 Å². The molecule has 2 aromatic carbocycles. The molecule has 0 atom stereocenters. The monoisotopic (exact) mass is 384 g/mol. The number of nitrogens with one attached hydrogen (secondary N) is 1. The Bertz CT molecular complexity index is 983. The summed E-state index contributed by atoms with van der Waals surface area (Å²) in [6, 6.07) is 10.2. The Balaban J connectivity index is 1.88. The number of carbonyl (C=O) groups is 1. The summed E-state index contributed by atoms with van der Waals surface area (Å²) in [5, 5.41) is 6.52. The molecular weight excluding hydrogens is 364 g/mol. The van der Waals surface area contributed by atoms with Crippen LogP contribution in [0.1, 0.15) is 10.4 Å². The van der Waals surface area contributed by atoms with Crippen LogP contribution in [-0.4, -0.2) is 39.5 Å². The zero-order chi connectivity index (χ0) is 20.1. The van der Waals surface area contributed by atoms with Gasteiger partial charge in [0.05, 0.1) is 40.2 Å². The minimum atomic E-state index is -0.376. The maximum atomic E-state index is 12.6. The first-order chi connectivity index (χ1) is 13.6. The number of hydrogen-bond acceptors (Lipinski definition) is 7. The highest BCUT2D eigenvalue weighted by atomic mass is 16.5. The van der Waals surface area contributed by atoms with Crippen molar-refractivity contribution in [1.29, 1.82) is 0 Å². The maximum absolute atomic E-state index is 12.6. The minimum absolute atomic E-state index is 0.215. The van der Waals surface area contributed by atoms with Crippen molar-refractivity contribution in [3.8, 4) is 34.1 Å². The highest BCUT2D eigenvalue weighted by molar-refractivity contribution is 6.05. The molecule has 0 bridgehead atoms. The molecule has 146 valence electrons. The number of nitrogens with zero attached hydrogens (tertiary/aromatic N) is 1. The number of anilines is 1. The molecule has 0 saturated heterocycles. The van der Waals surface area contributed by atoms with Gasteiger partial charge in [0.2, 0.25) is 5.88 Å². The van der Waals surface area contributed by atoms with Crippen LogP contribution in [0.2, 0.25) is 0 Å². The normalized spacial score (nSPS) is 10.3. The molecule has 1 amide bonds. The summed E-state index contributed by atoms with van der Waals surface area (Å²) >= 11 is 0. The Morgan fingerprint density at radius 2 is 1.46 bits per heavy atom. The summed E-state index contributed by atoms with van der Waals surface area (Å²) < 4.78 is 26.2. The highest BCUT2D eigenvalue weighted by Gasteiger charge is 2.17. The van der Waals surface area contributed by atoms with Crippen molar-refractivity contribution in [2.24, 2.45) is 0 Å². The highest BCUT2D eigenvalue weighted by Crippen LogP contribution is 2.35. The van der Waals surface area contributed by atoms with Crippen LogP contribution in [0.5, 0.6) is 23.0 Å². The lowest BCUT2D eigenvalue weighted by Crippen LogP contribution is -2.12. The van der Waals surface area contributed by atoms with Crippen LogP contribution in [0.25, 0.3) is 11.1 Å². The molecule has 1 heterocycles. The van der Waals surface area contributed by atoms with E-state index in [1.165, 1.54) is 20.4 Å². The molecule has 0 aliphatic rings. The van der Waals surface area contributed by atoms with Crippen LogP contribution < -0.4 is 24.3 Å². The Labute approximate surface area is 162 Å². The van der Waals surface area contributed by atoms with Gasteiger partial charge in [-0.1, -0.05) is 11.2 Å². The molecule has 0 fully saturated rings. The van der Waals surface area contributed by atoms with Crippen LogP contribution in [0.15, 0.2) is 47.1 Å². The molecule has 3 aromatic rings. The Kier molecular flexibility index (Phi) is 5.69. The molecule has 1 aromatic heterocycles. The molecule has 8 nitrogen and oxygen atoms in total. The molecule has 8 heteroatoms. The van der Waals surface area contributed by atoms with Crippen molar-refractivity contribution in [1.82, 2.24) is 5.16 Å². The topological polar surface area (TPSA) is 92.1 Å². The fraction of sp³-hybridized carbons (Fsp3) is 0.200. The quantitative estimate of drug-likeness (QED) is 0.665. The molecule has 0 saturated carbocycles. The molecule has 0 aliphatic heterocycles. The minimum Gasteiger partial charge on any atom is -0.493 e. The summed E-state index contributed by atoms with van der Waals surface area (Å²) in [5.41, 5.74) is 1.74. The fourth-order valence-electron chi connectivity index (χ4n) is 2.69. The lowest BCUT2D eigenvalue weighted by Gasteiger charge is -2.10. The van der Waals surface area contributed by atoms with Crippen LogP contribution >= 0.6 is 0 Å². The molecule has 0 radical (unpaired) electrons. The molecule has 0 spiro atoms. The van der Waals surface area contributed by atoms with Gasteiger partial charge < -0.3 is 23.5 Å². The van der Waals surface area contributed by atoms with Gasteiger partial charge in [0.15, 0.2) is 23.0 Å². The first-order valence-corrected chi connectivity index (χ1v) is 8.31. The summed E-state index contributed by atoms with van der Waals surface area (Å²) in [7, 11) is 6.15. The zero-order valence-corrected chi connectivity index (χ0v) is 15.9. The zero-order valence-electron chi connectivity index (χ0n) is 15.9. The molecule has 0 aliphatic carbocycles. The number of amides is 1. The van der Waals surface area contributed by atoms with E-state index in [-0.39, 0.29) is 11.8 Å². The molecule has 28 heavy (non-hydrogen) atoms. The van der Waals surface area contributed by atoms with Gasteiger partial charge in [-0.2, -0.15) is 0 Å². The summed E-state index contributed by atoms with van der Waals surface area (Å²) in [5.74, 6) is 1.97. The van der Waals surface area contributed by atoms with Gasteiger partial charge in [-0.15, -0.1) is 0 Å². The van der Waals surface area contributed by atoms with E-state index in [1.807, 2.05) is 6.07 Å². The molecule has 1 N–H and O–H groups in total. The average molecular weight is 384 g/mol. The van der Waals surface area contributed by atoms with Crippen molar-refractivity contribution in [2.45, 2.75) is 0 Å². The van der Waals surface area contributed by atoms with Gasteiger partial charge >= 0.3 is 0 Å². The van der Waals surface area contributed by atoms with Crippen LogP contribution in [0.4, 0.5) is 5.88 Å². The second kappa shape index (κ2) is 8.34. The van der Waals surface area contributed by atoms with E-state index in [9.17, 15) is 4.79 Å². The Morgan fingerprint density at radius 1 is 0.857 bits per heavy atom. The predicted octanol–water partition coefficient (Wildman–Crippen LogP) is 3.63. The number of rotatable bonds is 7. The van der Waals surface area contributed by atoms with Crippen molar-refractivity contribution >= 4 is 11.8 Å². The average Bonchev–Trinajstić information content (AvgIpc) is 3.20. The lowest BCUT2D eigenvalue weighted by atomic mass is 10.1. The standard InChI is InChI=1S/C20H20N2O6/c1-24-15-7-5-12(9-17(15)26-3)14-11-21-28-20(14)22-19(23)13-6-8-16(25-2)18(10-13)27-4/h5-11H,1-4H3,(H,22,23). The van der Waals surface area contributed by atoms with Gasteiger partial charge in [0.1, 0.15) is 0 Å². The van der Waals surface area contributed by atoms with Crippen molar-refractivity contribution < 1.29 is 28.3 Å². The number of benzene rings is 2. The first-order valence-electron chi connectivity index (χ1n) is 8.31. The third-order valence-corrected chi connectivity index (χ3v) is 4.14. The predicted molar refractivity (Wildman–Crippen MR) is 103 cm³/mol. The van der Waals surface area contributed by atoms with Crippen molar-refractivity contribution in [3.05, 3.63) is 48.2 Å². The summed E-state index contributed by atoms with van der Waals surface area (Å²) in [4.78, 5) is 12.6. The smallest absolute Gasteiger partial charge is 0.258 e. The largest absolute Gasteiger partial charge is 0.493 e. The molecule has 0 unspecified atom stereocenters. The van der Waals surface area contributed by atoms with E-state index in [1.54, 1.807) is 44.6 Å². The van der Waals surface area contributed by atoms with E-state index in [0.717, 1.165) is 5.56 Å². The number of ether oxygens (including phenoxy) is 4. The maximum Gasteiger partial charge on any atom is 0.258 e. The number of hydrogen-bond donors (Lipinski definition) is 1. The Morgan fingerprint density at radius 3 is 2.11 bits per heavy atom. The van der Waals surface area contributed by atoms with Gasteiger partial charge in [-0.25, -0.2) is 0 Å². The van der Waals surface area contributed by atoms with E-state index in [4.69, 9.17) is 23.5 Å². The van der Waals surface area contributed by atoms with Gasteiger partial charge in [-0.05, 0) is 35.9 Å². The third-order valence-electron chi connectivity index (χ3n) is 4.14. The first kappa shape index (κ1) is 19.1. The lowest BCUT2D eigenvalue weighted by molar-refractivity contribution is 0.102.